The van der Waals surface area contributed by atoms with Crippen LogP contribution in [0.5, 0.6) is 5.75 Å². The minimum absolute atomic E-state index is 0.0396. The van der Waals surface area contributed by atoms with Crippen LogP contribution >= 0.6 is 0 Å². The van der Waals surface area contributed by atoms with Gasteiger partial charge in [0.2, 0.25) is 0 Å². The molecule has 236 valence electrons. The molecule has 0 spiro atoms. The number of alkyl halides is 13. The molecule has 2 rings (SSSR count). The van der Waals surface area contributed by atoms with Gasteiger partial charge in [-0.25, -0.2) is 9.47 Å². The molecule has 2 aromatic carbocycles. The molecule has 0 fully saturated rings. The van der Waals surface area contributed by atoms with E-state index >= 15 is 0 Å². The quantitative estimate of drug-likeness (QED) is 0.240. The first kappa shape index (κ1) is 34.9. The highest BCUT2D eigenvalue weighted by Gasteiger charge is 2.80. The molecule has 0 bridgehead atoms. The van der Waals surface area contributed by atoms with Crippen molar-refractivity contribution in [1.29, 1.82) is 0 Å². The normalized spacial score (nSPS) is 13.8. The third-order valence-corrected chi connectivity index (χ3v) is 5.26. The minimum Gasteiger partial charge on any atom is -0.483 e. The number of nitrogens with one attached hydrogen (secondary N) is 1. The fraction of sp³-hybridized carbons (Fsp3) is 0.458. The van der Waals surface area contributed by atoms with Crippen molar-refractivity contribution in [3.63, 3.8) is 0 Å². The van der Waals surface area contributed by atoms with Gasteiger partial charge in [0.1, 0.15) is 5.75 Å². The van der Waals surface area contributed by atoms with E-state index in [4.69, 9.17) is 4.74 Å². The predicted molar refractivity (Wildman–Crippen MR) is 118 cm³/mol. The third-order valence-electron chi connectivity index (χ3n) is 5.26. The molecule has 42 heavy (non-hydrogen) atoms. The SMILES string of the molecule is Cc1ccc(C(C)C)c(OCC(=O)Nc2cccc(C(F)(F)C(F)(F)OC(F)(F)C(F)(F)C(F)(F)OC(F)(F)F)c2)c1. The Balaban J connectivity index is 2.24. The third kappa shape index (κ3) is 7.76. The Labute approximate surface area is 228 Å². The van der Waals surface area contributed by atoms with Gasteiger partial charge in [0.15, 0.2) is 6.61 Å². The van der Waals surface area contributed by atoms with E-state index in [1.165, 1.54) is 0 Å². The minimum atomic E-state index is -7.53. The molecule has 0 aliphatic heterocycles. The van der Waals surface area contributed by atoms with Crippen molar-refractivity contribution in [2.24, 2.45) is 0 Å². The van der Waals surface area contributed by atoms with Gasteiger partial charge in [-0.2, -0.15) is 43.9 Å². The predicted octanol–water partition coefficient (Wildman–Crippen LogP) is 8.19. The molecule has 0 atom stereocenters. The van der Waals surface area contributed by atoms with Crippen LogP contribution in [0.15, 0.2) is 42.5 Å². The highest BCUT2D eigenvalue weighted by molar-refractivity contribution is 5.92. The Morgan fingerprint density at radius 2 is 1.36 bits per heavy atom. The van der Waals surface area contributed by atoms with Crippen molar-refractivity contribution >= 4 is 11.6 Å². The molecule has 0 aliphatic carbocycles. The maximum absolute atomic E-state index is 14.5. The van der Waals surface area contributed by atoms with Crippen LogP contribution < -0.4 is 10.1 Å². The lowest BCUT2D eigenvalue weighted by atomic mass is 10.0. The van der Waals surface area contributed by atoms with Crippen LogP contribution in [-0.4, -0.2) is 43.1 Å². The van der Waals surface area contributed by atoms with Crippen LogP contribution in [0, 0.1) is 6.92 Å². The van der Waals surface area contributed by atoms with E-state index in [-0.39, 0.29) is 18.1 Å². The van der Waals surface area contributed by atoms with Crippen molar-refractivity contribution in [3.8, 4) is 5.75 Å². The number of anilines is 1. The standard InChI is InChI=1S/C24H20F13NO4/c1-12(2)16-8-7-13(3)9-17(16)40-11-18(39)38-15-6-4-5-14(10-15)19(25,26)21(29,30)41-22(31,32)20(27,28)23(33,34)42-24(35,36)37/h4-10,12H,11H2,1-3H3,(H,38,39). The van der Waals surface area contributed by atoms with Gasteiger partial charge < -0.3 is 10.1 Å². The zero-order chi connectivity index (χ0) is 32.5. The number of carbonyl (C=O) groups is 1. The van der Waals surface area contributed by atoms with Gasteiger partial charge in [-0.1, -0.05) is 38.1 Å². The Kier molecular flexibility index (Phi) is 9.79. The zero-order valence-corrected chi connectivity index (χ0v) is 21.4. The molecule has 1 amide bonds. The van der Waals surface area contributed by atoms with Gasteiger partial charge in [0.25, 0.3) is 5.91 Å². The zero-order valence-electron chi connectivity index (χ0n) is 21.4. The van der Waals surface area contributed by atoms with E-state index in [2.05, 4.69) is 4.74 Å². The number of amides is 1. The van der Waals surface area contributed by atoms with Crippen LogP contribution in [0.2, 0.25) is 0 Å². The number of aryl methyl sites for hydroxylation is 1. The maximum atomic E-state index is 14.5. The van der Waals surface area contributed by atoms with Gasteiger partial charge in [0.05, 0.1) is 0 Å². The summed E-state index contributed by atoms with van der Waals surface area (Å²) in [6, 6.07) is 6.76. The topological polar surface area (TPSA) is 56.8 Å². The average molecular weight is 633 g/mol. The number of carbonyl (C=O) groups excluding carboxylic acids is 1. The van der Waals surface area contributed by atoms with Gasteiger partial charge in [-0.3, -0.25) is 4.79 Å². The second-order valence-electron chi connectivity index (χ2n) is 8.96. The lowest BCUT2D eigenvalue weighted by Crippen LogP contribution is -2.61. The Morgan fingerprint density at radius 3 is 1.90 bits per heavy atom. The summed E-state index contributed by atoms with van der Waals surface area (Å²) in [7, 11) is 0. The molecule has 0 saturated heterocycles. The molecule has 0 aliphatic rings. The molecule has 0 radical (unpaired) electrons. The largest absolute Gasteiger partial charge is 0.527 e. The van der Waals surface area contributed by atoms with Crippen LogP contribution in [-0.2, 0) is 20.2 Å². The van der Waals surface area contributed by atoms with Crippen LogP contribution in [0.4, 0.5) is 62.8 Å². The van der Waals surface area contributed by atoms with Crippen molar-refractivity contribution in [2.45, 2.75) is 63.2 Å². The van der Waals surface area contributed by atoms with E-state index in [9.17, 15) is 61.9 Å². The summed E-state index contributed by atoms with van der Waals surface area (Å²) in [4.78, 5) is 12.3. The van der Waals surface area contributed by atoms with E-state index in [1.54, 1.807) is 29.9 Å². The first-order valence-electron chi connectivity index (χ1n) is 11.3. The summed E-state index contributed by atoms with van der Waals surface area (Å²) in [6.07, 6.45) is -28.0. The fourth-order valence-corrected chi connectivity index (χ4v) is 3.21. The summed E-state index contributed by atoms with van der Waals surface area (Å²) in [5, 5.41) is 1.98. The number of rotatable bonds is 12. The average Bonchev–Trinajstić information content (AvgIpc) is 2.80. The Morgan fingerprint density at radius 1 is 0.786 bits per heavy atom. The smallest absolute Gasteiger partial charge is 0.483 e. The van der Waals surface area contributed by atoms with Crippen LogP contribution in [0.3, 0.4) is 0 Å². The van der Waals surface area contributed by atoms with E-state index in [1.807, 2.05) is 19.2 Å². The Bertz CT molecular complexity index is 1260. The van der Waals surface area contributed by atoms with Crippen LogP contribution in [0.25, 0.3) is 0 Å². The summed E-state index contributed by atoms with van der Waals surface area (Å²) in [5.41, 5.74) is -1.16. The number of hydrogen-bond donors (Lipinski definition) is 1. The lowest BCUT2D eigenvalue weighted by Gasteiger charge is -2.35. The molecule has 0 heterocycles. The molecule has 0 unspecified atom stereocenters. The summed E-state index contributed by atoms with van der Waals surface area (Å²) < 4.78 is 182. The number of halogens is 13. The first-order valence-corrected chi connectivity index (χ1v) is 11.3. The number of ether oxygens (including phenoxy) is 3. The monoisotopic (exact) mass is 633 g/mol. The van der Waals surface area contributed by atoms with Gasteiger partial charge in [0, 0.05) is 11.3 Å². The molecule has 0 aromatic heterocycles. The number of benzene rings is 2. The molecule has 5 nitrogen and oxygen atoms in total. The maximum Gasteiger partial charge on any atom is 0.527 e. The highest BCUT2D eigenvalue weighted by Crippen LogP contribution is 2.54. The van der Waals surface area contributed by atoms with E-state index < -0.39 is 60.3 Å². The van der Waals surface area contributed by atoms with Crippen molar-refractivity contribution in [3.05, 3.63) is 59.2 Å². The molecule has 18 heteroatoms. The van der Waals surface area contributed by atoms with Crippen LogP contribution in [0.1, 0.15) is 36.5 Å². The highest BCUT2D eigenvalue weighted by atomic mass is 19.4. The second-order valence-corrected chi connectivity index (χ2v) is 8.96. The van der Waals surface area contributed by atoms with E-state index in [0.29, 0.717) is 17.4 Å². The fourth-order valence-electron chi connectivity index (χ4n) is 3.21. The molecule has 0 saturated carbocycles. The summed E-state index contributed by atoms with van der Waals surface area (Å²) in [5.74, 6) is -14.3. The molecule has 1 N–H and O–H groups in total. The molecule has 2 aromatic rings. The Hall–Kier alpha value is -3.28. The van der Waals surface area contributed by atoms with Gasteiger partial charge in [-0.05, 0) is 42.2 Å². The van der Waals surface area contributed by atoms with Gasteiger partial charge >= 0.3 is 36.5 Å². The number of hydrogen-bond acceptors (Lipinski definition) is 4. The summed E-state index contributed by atoms with van der Waals surface area (Å²) in [6.45, 7) is 4.64. The second kappa shape index (κ2) is 11.8. The summed E-state index contributed by atoms with van der Waals surface area (Å²) >= 11 is 0. The van der Waals surface area contributed by atoms with Crippen molar-refractivity contribution < 1.29 is 76.1 Å². The first-order chi connectivity index (χ1) is 18.8. The van der Waals surface area contributed by atoms with E-state index in [0.717, 1.165) is 11.6 Å². The lowest BCUT2D eigenvalue weighted by molar-refractivity contribution is -0.535. The van der Waals surface area contributed by atoms with Crippen molar-refractivity contribution in [1.82, 2.24) is 0 Å². The molecular weight excluding hydrogens is 613 g/mol. The van der Waals surface area contributed by atoms with Gasteiger partial charge in [-0.15, -0.1) is 13.2 Å². The van der Waals surface area contributed by atoms with Crippen molar-refractivity contribution in [2.75, 3.05) is 11.9 Å². The molecular formula is C24H20F13NO4.